The topological polar surface area (TPSA) is 133 Å². The van der Waals surface area contributed by atoms with Crippen molar-refractivity contribution in [2.24, 2.45) is 0 Å². The molecule has 0 saturated heterocycles. The summed E-state index contributed by atoms with van der Waals surface area (Å²) in [7, 11) is 0. The maximum Gasteiger partial charge on any atom is 0.303 e. The molecule has 2 rings (SSSR count). The first-order valence-electron chi connectivity index (χ1n) is 9.73. The van der Waals surface area contributed by atoms with Crippen LogP contribution < -0.4 is 10.6 Å². The van der Waals surface area contributed by atoms with Gasteiger partial charge in [-0.25, -0.2) is 0 Å². The lowest BCUT2D eigenvalue weighted by Gasteiger charge is -2.04. The summed E-state index contributed by atoms with van der Waals surface area (Å²) in [5.74, 6) is 3.12. The molecule has 8 nitrogen and oxygen atoms in total. The Bertz CT molecular complexity index is 1060. The van der Waals surface area contributed by atoms with Crippen molar-refractivity contribution in [2.45, 2.75) is 25.7 Å². The summed E-state index contributed by atoms with van der Waals surface area (Å²) in [6, 6.07) is 13.9. The smallest absolute Gasteiger partial charge is 0.303 e. The second-order valence-corrected chi connectivity index (χ2v) is 6.69. The van der Waals surface area contributed by atoms with Gasteiger partial charge in [-0.1, -0.05) is 24.0 Å². The Hall–Kier alpha value is -4.38. The lowest BCUT2D eigenvalue weighted by atomic mass is 10.1. The normalized spacial score (nSPS) is 10.1. The number of carboxylic acid groups (broad SMARTS) is 2. The monoisotopic (exact) mass is 434 g/mol. The van der Waals surface area contributed by atoms with Crippen LogP contribution in [0.15, 0.2) is 54.6 Å². The molecule has 2 amide bonds. The molecule has 0 atom stereocenters. The summed E-state index contributed by atoms with van der Waals surface area (Å²) in [5.41, 5.74) is 2.77. The molecule has 0 spiro atoms. The highest BCUT2D eigenvalue weighted by Crippen LogP contribution is 2.12. The van der Waals surface area contributed by atoms with E-state index in [1.165, 1.54) is 0 Å². The first-order chi connectivity index (χ1) is 15.3. The van der Waals surface area contributed by atoms with Gasteiger partial charge in [0, 0.05) is 29.8 Å². The summed E-state index contributed by atoms with van der Waals surface area (Å²) in [6.45, 7) is 0. The summed E-state index contributed by atoms with van der Waals surface area (Å²) in [5, 5.41) is 22.4. The van der Waals surface area contributed by atoms with E-state index in [0.717, 1.165) is 11.1 Å². The van der Waals surface area contributed by atoms with Crippen LogP contribution in [0, 0.1) is 11.8 Å². The number of carbonyl (C=O) groups is 4. The van der Waals surface area contributed by atoms with E-state index in [9.17, 15) is 19.2 Å². The number of hydrogen-bond acceptors (Lipinski definition) is 4. The minimum Gasteiger partial charge on any atom is -0.481 e. The van der Waals surface area contributed by atoms with Crippen molar-refractivity contribution in [2.75, 3.05) is 10.6 Å². The van der Waals surface area contributed by atoms with Crippen LogP contribution in [0.2, 0.25) is 0 Å². The van der Waals surface area contributed by atoms with E-state index in [1.54, 1.807) is 60.7 Å². The van der Waals surface area contributed by atoms with Gasteiger partial charge in [-0.15, -0.1) is 0 Å². The Labute approximate surface area is 185 Å². The minimum atomic E-state index is -1.02. The molecule has 0 aromatic heterocycles. The number of benzene rings is 2. The van der Waals surface area contributed by atoms with Crippen LogP contribution in [0.3, 0.4) is 0 Å². The van der Waals surface area contributed by atoms with Gasteiger partial charge in [0.05, 0.1) is 12.8 Å². The van der Waals surface area contributed by atoms with Gasteiger partial charge < -0.3 is 20.8 Å². The fourth-order valence-corrected chi connectivity index (χ4v) is 2.47. The Morgan fingerprint density at radius 3 is 1.66 bits per heavy atom. The van der Waals surface area contributed by atoms with E-state index >= 15 is 0 Å². The van der Waals surface area contributed by atoms with E-state index in [0.29, 0.717) is 11.4 Å². The Morgan fingerprint density at radius 1 is 0.719 bits per heavy atom. The maximum atomic E-state index is 11.6. The molecule has 2 aromatic carbocycles. The zero-order valence-corrected chi connectivity index (χ0v) is 17.1. The highest BCUT2D eigenvalue weighted by molar-refractivity contribution is 5.93. The number of amides is 2. The Balaban J connectivity index is 1.84. The molecule has 0 radical (unpaired) electrons. The number of allylic oxidation sites excluding steroid dienone is 1. The van der Waals surface area contributed by atoms with Crippen LogP contribution >= 0.6 is 0 Å². The van der Waals surface area contributed by atoms with Crippen molar-refractivity contribution < 1.29 is 29.4 Å². The van der Waals surface area contributed by atoms with Crippen LogP contribution in [-0.4, -0.2) is 34.0 Å². The van der Waals surface area contributed by atoms with Gasteiger partial charge in [-0.3, -0.25) is 19.2 Å². The Kier molecular flexibility index (Phi) is 9.22. The number of aliphatic carboxylic acids is 2. The van der Waals surface area contributed by atoms with Crippen LogP contribution in [-0.2, 0) is 19.2 Å². The first kappa shape index (κ1) is 23.9. The molecule has 0 unspecified atom stereocenters. The lowest BCUT2D eigenvalue weighted by molar-refractivity contribution is -0.138. The molecule has 0 bridgehead atoms. The minimum absolute atomic E-state index is 0.0787. The number of carboxylic acids is 2. The van der Waals surface area contributed by atoms with E-state index < -0.39 is 11.9 Å². The molecule has 0 aliphatic carbocycles. The summed E-state index contributed by atoms with van der Waals surface area (Å²) in [6.07, 6.45) is 2.90. The number of rotatable bonds is 9. The van der Waals surface area contributed by atoms with Gasteiger partial charge in [0.2, 0.25) is 11.8 Å². The molecule has 4 N–H and O–H groups in total. The van der Waals surface area contributed by atoms with Gasteiger partial charge in [-0.05, 0) is 54.1 Å². The zero-order valence-electron chi connectivity index (χ0n) is 17.1. The standard InChI is InChI=1S/C24H22N2O6/c27-21(13-15-23(29)30)25-19-9-5-17(6-10-19)3-1-2-4-18-7-11-20(12-8-18)26-22(28)14-16-24(31)32/h1,3,5-12H,13-16H2,(H,25,27)(H,26,28)(H,29,30)(H,31,32). The lowest BCUT2D eigenvalue weighted by Crippen LogP contribution is -2.13. The molecule has 164 valence electrons. The first-order valence-corrected chi connectivity index (χ1v) is 9.73. The number of hydrogen-bond donors (Lipinski definition) is 4. The average Bonchev–Trinajstić information content (AvgIpc) is 2.76. The van der Waals surface area contributed by atoms with Crippen LogP contribution in [0.1, 0.15) is 36.8 Å². The molecule has 0 saturated carbocycles. The molecular formula is C24H22N2O6. The summed E-state index contributed by atoms with van der Waals surface area (Å²) >= 11 is 0. The van der Waals surface area contributed by atoms with Crippen molar-refractivity contribution in [3.8, 4) is 11.8 Å². The van der Waals surface area contributed by atoms with Gasteiger partial charge in [0.1, 0.15) is 0 Å². The predicted octanol–water partition coefficient (Wildman–Crippen LogP) is 3.36. The molecule has 0 fully saturated rings. The third-order valence-electron chi connectivity index (χ3n) is 4.07. The third kappa shape index (κ3) is 9.41. The van der Waals surface area contributed by atoms with Crippen molar-refractivity contribution in [3.05, 3.63) is 65.7 Å². The Morgan fingerprint density at radius 2 is 1.19 bits per heavy atom. The molecule has 0 aliphatic rings. The molecule has 2 aromatic rings. The van der Waals surface area contributed by atoms with E-state index in [2.05, 4.69) is 22.5 Å². The summed E-state index contributed by atoms with van der Waals surface area (Å²) < 4.78 is 0. The van der Waals surface area contributed by atoms with Gasteiger partial charge in [0.25, 0.3) is 0 Å². The summed E-state index contributed by atoms with van der Waals surface area (Å²) in [4.78, 5) is 44.2. The second-order valence-electron chi connectivity index (χ2n) is 6.69. The highest BCUT2D eigenvalue weighted by Gasteiger charge is 2.06. The third-order valence-corrected chi connectivity index (χ3v) is 4.07. The molecular weight excluding hydrogens is 412 g/mol. The zero-order chi connectivity index (χ0) is 23.3. The van der Waals surface area contributed by atoms with Gasteiger partial charge >= 0.3 is 11.9 Å². The van der Waals surface area contributed by atoms with Crippen molar-refractivity contribution in [1.82, 2.24) is 0 Å². The maximum absolute atomic E-state index is 11.6. The average molecular weight is 434 g/mol. The highest BCUT2D eigenvalue weighted by atomic mass is 16.4. The van der Waals surface area contributed by atoms with Crippen molar-refractivity contribution in [1.29, 1.82) is 0 Å². The molecule has 32 heavy (non-hydrogen) atoms. The number of carbonyl (C=O) groups excluding carboxylic acids is 2. The molecule has 0 aliphatic heterocycles. The largest absolute Gasteiger partial charge is 0.481 e. The second kappa shape index (κ2) is 12.3. The van der Waals surface area contributed by atoms with Gasteiger partial charge in [0.15, 0.2) is 0 Å². The number of anilines is 2. The predicted molar refractivity (Wildman–Crippen MR) is 120 cm³/mol. The SMILES string of the molecule is O=C(O)CCC(=O)Nc1ccc(C#CC=Cc2ccc(NC(=O)CCC(=O)O)cc2)cc1. The van der Waals surface area contributed by atoms with Crippen LogP contribution in [0.25, 0.3) is 6.08 Å². The van der Waals surface area contributed by atoms with E-state index in [-0.39, 0.29) is 37.5 Å². The van der Waals surface area contributed by atoms with Crippen LogP contribution in [0.4, 0.5) is 11.4 Å². The fourth-order valence-electron chi connectivity index (χ4n) is 2.47. The van der Waals surface area contributed by atoms with Crippen LogP contribution in [0.5, 0.6) is 0 Å². The van der Waals surface area contributed by atoms with E-state index in [4.69, 9.17) is 10.2 Å². The van der Waals surface area contributed by atoms with E-state index in [1.807, 2.05) is 0 Å². The van der Waals surface area contributed by atoms with Crippen molar-refractivity contribution >= 4 is 41.2 Å². The molecule has 8 heteroatoms. The quantitative estimate of drug-likeness (QED) is 0.447. The number of nitrogens with one attached hydrogen (secondary N) is 2. The fraction of sp³-hybridized carbons (Fsp3) is 0.167. The van der Waals surface area contributed by atoms with Crippen molar-refractivity contribution in [3.63, 3.8) is 0 Å². The van der Waals surface area contributed by atoms with Gasteiger partial charge in [-0.2, -0.15) is 0 Å². The molecule has 0 heterocycles.